The molecule has 1 N–H and O–H groups in total. The molecule has 0 bridgehead atoms. The van der Waals surface area contributed by atoms with Crippen molar-refractivity contribution in [3.8, 4) is 0 Å². The number of rotatable bonds is 4. The normalized spacial score (nSPS) is 19.7. The van der Waals surface area contributed by atoms with Gasteiger partial charge < -0.3 is 5.32 Å². The van der Waals surface area contributed by atoms with Crippen LogP contribution in [0.1, 0.15) is 63.5 Å². The van der Waals surface area contributed by atoms with Crippen LogP contribution in [-0.2, 0) is 0 Å². The Morgan fingerprint density at radius 1 is 1.05 bits per heavy atom. The van der Waals surface area contributed by atoms with Gasteiger partial charge in [0.25, 0.3) is 0 Å². The minimum absolute atomic E-state index is 0.142. The van der Waals surface area contributed by atoms with Crippen LogP contribution in [0.3, 0.4) is 0 Å². The molecule has 0 spiro atoms. The number of benzene rings is 1. The van der Waals surface area contributed by atoms with Gasteiger partial charge in [-0.3, -0.25) is 0 Å². The van der Waals surface area contributed by atoms with Gasteiger partial charge >= 0.3 is 0 Å². The quantitative estimate of drug-likeness (QED) is 0.820. The maximum absolute atomic E-state index is 13.1. The number of nitrogens with one attached hydrogen (secondary N) is 1. The zero-order valence-corrected chi connectivity index (χ0v) is 12.0. The molecule has 1 nitrogen and oxygen atoms in total. The van der Waals surface area contributed by atoms with Gasteiger partial charge in [0.05, 0.1) is 0 Å². The van der Waals surface area contributed by atoms with Crippen molar-refractivity contribution in [2.75, 3.05) is 6.54 Å². The fraction of sp³-hybridized carbons (Fsp3) is 0.647. The molecule has 0 aromatic heterocycles. The summed E-state index contributed by atoms with van der Waals surface area (Å²) in [6, 6.07) is 7.46. The van der Waals surface area contributed by atoms with Gasteiger partial charge in [-0.1, -0.05) is 51.2 Å². The van der Waals surface area contributed by atoms with E-state index in [2.05, 4.69) is 12.2 Å². The molecule has 1 unspecified atom stereocenters. The summed E-state index contributed by atoms with van der Waals surface area (Å²) in [5, 5.41) is 3.61. The summed E-state index contributed by atoms with van der Waals surface area (Å²) in [6.07, 6.45) is 9.43. The van der Waals surface area contributed by atoms with Crippen LogP contribution in [0.15, 0.2) is 24.3 Å². The van der Waals surface area contributed by atoms with Crippen LogP contribution >= 0.6 is 0 Å². The highest BCUT2D eigenvalue weighted by Crippen LogP contribution is 2.33. The molecule has 1 aliphatic rings. The molecule has 0 saturated heterocycles. The third-order valence-electron chi connectivity index (χ3n) is 4.27. The van der Waals surface area contributed by atoms with E-state index in [-0.39, 0.29) is 5.82 Å². The Kier molecular flexibility index (Phi) is 5.84. The number of hydrogen-bond donors (Lipinski definition) is 1. The molecule has 1 saturated carbocycles. The van der Waals surface area contributed by atoms with E-state index in [0.717, 1.165) is 6.54 Å². The van der Waals surface area contributed by atoms with E-state index >= 15 is 0 Å². The second-order valence-electron chi connectivity index (χ2n) is 5.69. The topological polar surface area (TPSA) is 12.0 Å². The number of hydrogen-bond acceptors (Lipinski definition) is 1. The van der Waals surface area contributed by atoms with E-state index in [1.807, 2.05) is 12.1 Å². The van der Waals surface area contributed by atoms with E-state index in [1.165, 1.54) is 50.5 Å². The Morgan fingerprint density at radius 2 is 1.63 bits per heavy atom. The lowest BCUT2D eigenvalue weighted by Crippen LogP contribution is -2.28. The lowest BCUT2D eigenvalue weighted by atomic mass is 9.83. The molecule has 1 aromatic rings. The van der Waals surface area contributed by atoms with Crippen LogP contribution in [-0.4, -0.2) is 6.54 Å². The molecule has 1 aliphatic carbocycles. The van der Waals surface area contributed by atoms with Crippen molar-refractivity contribution < 1.29 is 4.39 Å². The van der Waals surface area contributed by atoms with Crippen molar-refractivity contribution in [1.29, 1.82) is 0 Å². The molecule has 0 aliphatic heterocycles. The second-order valence-corrected chi connectivity index (χ2v) is 5.69. The van der Waals surface area contributed by atoms with Crippen LogP contribution in [0.25, 0.3) is 0 Å². The maximum atomic E-state index is 13.1. The van der Waals surface area contributed by atoms with Crippen LogP contribution in [0.2, 0.25) is 0 Å². The molecule has 0 radical (unpaired) electrons. The van der Waals surface area contributed by atoms with Gasteiger partial charge in [-0.15, -0.1) is 0 Å². The highest BCUT2D eigenvalue weighted by Gasteiger charge is 2.22. The zero-order valence-electron chi connectivity index (χ0n) is 12.0. The third-order valence-corrected chi connectivity index (χ3v) is 4.27. The van der Waals surface area contributed by atoms with Gasteiger partial charge in [0.2, 0.25) is 0 Å². The smallest absolute Gasteiger partial charge is 0.123 e. The average Bonchev–Trinajstić information content (AvgIpc) is 2.38. The molecule has 106 valence electrons. The van der Waals surface area contributed by atoms with Crippen molar-refractivity contribution in [3.63, 3.8) is 0 Å². The lowest BCUT2D eigenvalue weighted by Gasteiger charge is -2.30. The molecule has 2 heteroatoms. The van der Waals surface area contributed by atoms with E-state index in [0.29, 0.717) is 12.0 Å². The summed E-state index contributed by atoms with van der Waals surface area (Å²) in [6.45, 7) is 3.12. The molecule has 1 fully saturated rings. The monoisotopic (exact) mass is 263 g/mol. The molecule has 1 aromatic carbocycles. The molecule has 0 heterocycles. The molecular formula is C17H26FN. The Hall–Kier alpha value is -0.890. The van der Waals surface area contributed by atoms with Gasteiger partial charge in [0.1, 0.15) is 5.82 Å². The summed E-state index contributed by atoms with van der Waals surface area (Å²) in [4.78, 5) is 0. The highest BCUT2D eigenvalue weighted by atomic mass is 19.1. The number of halogens is 1. The Labute approximate surface area is 116 Å². The Morgan fingerprint density at radius 3 is 2.21 bits per heavy atom. The summed E-state index contributed by atoms with van der Waals surface area (Å²) in [7, 11) is 0. The molecule has 2 rings (SSSR count). The van der Waals surface area contributed by atoms with E-state index in [9.17, 15) is 4.39 Å². The maximum Gasteiger partial charge on any atom is 0.123 e. The van der Waals surface area contributed by atoms with E-state index < -0.39 is 0 Å². The minimum atomic E-state index is -0.142. The average molecular weight is 263 g/mol. The van der Waals surface area contributed by atoms with Crippen molar-refractivity contribution in [3.05, 3.63) is 35.6 Å². The SMILES string of the molecule is CCNC(c1ccc(F)cc1)C1CCCCCCC1. The summed E-state index contributed by atoms with van der Waals surface area (Å²) >= 11 is 0. The van der Waals surface area contributed by atoms with Gasteiger partial charge in [0.15, 0.2) is 0 Å². The fourth-order valence-corrected chi connectivity index (χ4v) is 3.27. The van der Waals surface area contributed by atoms with Crippen LogP contribution < -0.4 is 5.32 Å². The summed E-state index contributed by atoms with van der Waals surface area (Å²) in [5.41, 5.74) is 1.24. The zero-order chi connectivity index (χ0) is 13.5. The van der Waals surface area contributed by atoms with Crippen molar-refractivity contribution >= 4 is 0 Å². The minimum Gasteiger partial charge on any atom is -0.310 e. The Balaban J connectivity index is 2.10. The Bertz CT molecular complexity index is 352. The lowest BCUT2D eigenvalue weighted by molar-refractivity contribution is 0.291. The predicted octanol–water partition coefficient (Wildman–Crippen LogP) is 4.84. The van der Waals surface area contributed by atoms with Crippen LogP contribution in [0.4, 0.5) is 4.39 Å². The van der Waals surface area contributed by atoms with E-state index in [4.69, 9.17) is 0 Å². The first-order valence-electron chi connectivity index (χ1n) is 7.80. The van der Waals surface area contributed by atoms with Gasteiger partial charge in [-0.2, -0.15) is 0 Å². The third kappa shape index (κ3) is 4.31. The van der Waals surface area contributed by atoms with Gasteiger partial charge in [-0.25, -0.2) is 4.39 Å². The molecule has 0 amide bonds. The highest BCUT2D eigenvalue weighted by molar-refractivity contribution is 5.20. The molecule has 19 heavy (non-hydrogen) atoms. The molecule has 1 atom stereocenters. The van der Waals surface area contributed by atoms with Crippen molar-refractivity contribution in [2.24, 2.45) is 5.92 Å². The largest absolute Gasteiger partial charge is 0.310 e. The first-order chi connectivity index (χ1) is 9.31. The standard InChI is InChI=1S/C17H26FN/c1-2-19-17(15-10-12-16(18)13-11-15)14-8-6-4-3-5-7-9-14/h10-14,17,19H,2-9H2,1H3. The molecular weight excluding hydrogens is 237 g/mol. The van der Waals surface area contributed by atoms with Crippen LogP contribution in [0.5, 0.6) is 0 Å². The van der Waals surface area contributed by atoms with E-state index in [1.54, 1.807) is 12.1 Å². The first-order valence-corrected chi connectivity index (χ1v) is 7.80. The van der Waals surface area contributed by atoms with Crippen LogP contribution in [0, 0.1) is 11.7 Å². The second kappa shape index (κ2) is 7.64. The van der Waals surface area contributed by atoms with Crippen molar-refractivity contribution in [2.45, 2.75) is 57.9 Å². The first kappa shape index (κ1) is 14.5. The van der Waals surface area contributed by atoms with Gasteiger partial charge in [-0.05, 0) is 43.0 Å². The predicted molar refractivity (Wildman–Crippen MR) is 78.6 cm³/mol. The summed E-state index contributed by atoms with van der Waals surface area (Å²) < 4.78 is 13.1. The fourth-order valence-electron chi connectivity index (χ4n) is 3.27. The van der Waals surface area contributed by atoms with Gasteiger partial charge in [0, 0.05) is 6.04 Å². The summed E-state index contributed by atoms with van der Waals surface area (Å²) in [5.74, 6) is 0.558. The van der Waals surface area contributed by atoms with Crippen molar-refractivity contribution in [1.82, 2.24) is 5.32 Å².